The van der Waals surface area contributed by atoms with Crippen molar-refractivity contribution in [3.63, 3.8) is 0 Å². The largest absolute Gasteiger partial charge is 0.497 e. The number of methoxy groups -OCH3 is 1. The van der Waals surface area contributed by atoms with Crippen LogP contribution in [0.4, 0.5) is 0 Å². The van der Waals surface area contributed by atoms with Crippen molar-refractivity contribution >= 4 is 11.8 Å². The van der Waals surface area contributed by atoms with E-state index in [1.54, 1.807) is 18.9 Å². The van der Waals surface area contributed by atoms with Crippen molar-refractivity contribution in [1.29, 1.82) is 0 Å². The van der Waals surface area contributed by atoms with Crippen LogP contribution in [0.5, 0.6) is 5.75 Å². The summed E-state index contributed by atoms with van der Waals surface area (Å²) in [7, 11) is 1.65. The number of aliphatic hydroxyl groups is 1. The predicted octanol–water partition coefficient (Wildman–Crippen LogP) is 3.37. The van der Waals surface area contributed by atoms with Gasteiger partial charge in [0.05, 0.1) is 26.4 Å². The van der Waals surface area contributed by atoms with E-state index in [9.17, 15) is 5.11 Å². The summed E-state index contributed by atoms with van der Waals surface area (Å²) in [6, 6.07) is 17.8. The Morgan fingerprint density at radius 2 is 1.90 bits per heavy atom. The SMILES string of the molecule is COc1cccc(SCC(O)COCc2ccccc2)c1. The Morgan fingerprint density at radius 3 is 2.67 bits per heavy atom. The zero-order chi connectivity index (χ0) is 14.9. The molecule has 0 aliphatic heterocycles. The first kappa shape index (κ1) is 15.9. The van der Waals surface area contributed by atoms with Crippen molar-refractivity contribution in [2.45, 2.75) is 17.6 Å². The molecular weight excluding hydrogens is 284 g/mol. The fourth-order valence-corrected chi connectivity index (χ4v) is 2.67. The Balaban J connectivity index is 1.68. The summed E-state index contributed by atoms with van der Waals surface area (Å²) in [5.41, 5.74) is 1.12. The summed E-state index contributed by atoms with van der Waals surface area (Å²) < 4.78 is 10.7. The van der Waals surface area contributed by atoms with Gasteiger partial charge < -0.3 is 14.6 Å². The Labute approximate surface area is 129 Å². The fourth-order valence-electron chi connectivity index (χ4n) is 1.82. The van der Waals surface area contributed by atoms with Crippen LogP contribution >= 0.6 is 11.8 Å². The zero-order valence-corrected chi connectivity index (χ0v) is 12.9. The summed E-state index contributed by atoms with van der Waals surface area (Å²) in [5, 5.41) is 9.94. The van der Waals surface area contributed by atoms with Gasteiger partial charge in [-0.3, -0.25) is 0 Å². The summed E-state index contributed by atoms with van der Waals surface area (Å²) in [5.74, 6) is 1.43. The van der Waals surface area contributed by atoms with Crippen LogP contribution in [0.2, 0.25) is 0 Å². The average molecular weight is 304 g/mol. The lowest BCUT2D eigenvalue weighted by molar-refractivity contribution is 0.0398. The quantitative estimate of drug-likeness (QED) is 0.759. The fraction of sp³-hybridized carbons (Fsp3) is 0.294. The van der Waals surface area contributed by atoms with E-state index in [4.69, 9.17) is 9.47 Å². The van der Waals surface area contributed by atoms with Crippen molar-refractivity contribution in [3.8, 4) is 5.75 Å². The molecule has 0 radical (unpaired) electrons. The third-order valence-electron chi connectivity index (χ3n) is 2.91. The standard InChI is InChI=1S/C17H20O3S/c1-19-16-8-5-9-17(10-16)21-13-15(18)12-20-11-14-6-3-2-4-7-14/h2-10,15,18H,11-13H2,1H3. The molecule has 0 aromatic heterocycles. The number of rotatable bonds is 8. The van der Waals surface area contributed by atoms with Gasteiger partial charge in [0.15, 0.2) is 0 Å². The highest BCUT2D eigenvalue weighted by molar-refractivity contribution is 7.99. The minimum absolute atomic E-state index is 0.339. The molecule has 0 amide bonds. The Bertz CT molecular complexity index is 531. The van der Waals surface area contributed by atoms with Crippen LogP contribution < -0.4 is 4.74 Å². The average Bonchev–Trinajstić information content (AvgIpc) is 2.54. The monoisotopic (exact) mass is 304 g/mol. The van der Waals surface area contributed by atoms with Crippen molar-refractivity contribution in [1.82, 2.24) is 0 Å². The first-order valence-electron chi connectivity index (χ1n) is 6.84. The van der Waals surface area contributed by atoms with E-state index in [0.29, 0.717) is 19.0 Å². The molecule has 112 valence electrons. The van der Waals surface area contributed by atoms with E-state index in [1.165, 1.54) is 0 Å². The molecule has 21 heavy (non-hydrogen) atoms. The first-order valence-corrected chi connectivity index (χ1v) is 7.83. The highest BCUT2D eigenvalue weighted by Crippen LogP contribution is 2.23. The molecule has 4 heteroatoms. The lowest BCUT2D eigenvalue weighted by Gasteiger charge is -2.11. The van der Waals surface area contributed by atoms with Gasteiger partial charge in [0.25, 0.3) is 0 Å². The van der Waals surface area contributed by atoms with Gasteiger partial charge in [-0.15, -0.1) is 11.8 Å². The molecule has 3 nitrogen and oxygen atoms in total. The lowest BCUT2D eigenvalue weighted by atomic mass is 10.2. The molecule has 0 saturated carbocycles. The van der Waals surface area contributed by atoms with Crippen LogP contribution in [0, 0.1) is 0 Å². The molecule has 0 saturated heterocycles. The molecule has 2 rings (SSSR count). The lowest BCUT2D eigenvalue weighted by Crippen LogP contribution is -2.17. The van der Waals surface area contributed by atoms with Gasteiger partial charge in [-0.05, 0) is 23.8 Å². The van der Waals surface area contributed by atoms with Crippen LogP contribution in [0.1, 0.15) is 5.56 Å². The molecule has 0 heterocycles. The molecule has 0 spiro atoms. The Kier molecular flexibility index (Phi) is 6.60. The minimum atomic E-state index is -0.482. The summed E-state index contributed by atoms with van der Waals surface area (Å²) in [4.78, 5) is 1.08. The third-order valence-corrected chi connectivity index (χ3v) is 4.04. The highest BCUT2D eigenvalue weighted by atomic mass is 32.2. The molecule has 1 N–H and O–H groups in total. The van der Waals surface area contributed by atoms with Gasteiger partial charge in [-0.2, -0.15) is 0 Å². The molecule has 0 aliphatic rings. The van der Waals surface area contributed by atoms with Crippen molar-refractivity contribution < 1.29 is 14.6 Å². The smallest absolute Gasteiger partial charge is 0.119 e. The summed E-state index contributed by atoms with van der Waals surface area (Å²) in [6.45, 7) is 0.869. The maximum Gasteiger partial charge on any atom is 0.119 e. The normalized spacial score (nSPS) is 12.1. The molecule has 2 aromatic rings. The third kappa shape index (κ3) is 5.79. The van der Waals surface area contributed by atoms with Crippen LogP contribution in [-0.2, 0) is 11.3 Å². The number of ether oxygens (including phenoxy) is 2. The topological polar surface area (TPSA) is 38.7 Å². The second-order valence-corrected chi connectivity index (χ2v) is 5.74. The van der Waals surface area contributed by atoms with E-state index in [-0.39, 0.29) is 0 Å². The van der Waals surface area contributed by atoms with E-state index < -0.39 is 6.10 Å². The second-order valence-electron chi connectivity index (χ2n) is 4.64. The number of aliphatic hydroxyl groups excluding tert-OH is 1. The predicted molar refractivity (Wildman–Crippen MR) is 85.8 cm³/mol. The Morgan fingerprint density at radius 1 is 1.10 bits per heavy atom. The summed E-state index contributed by atoms with van der Waals surface area (Å²) in [6.07, 6.45) is -0.482. The molecule has 0 fully saturated rings. The highest BCUT2D eigenvalue weighted by Gasteiger charge is 2.06. The minimum Gasteiger partial charge on any atom is -0.497 e. The zero-order valence-electron chi connectivity index (χ0n) is 12.1. The molecular formula is C17H20O3S. The maximum atomic E-state index is 9.94. The Hall–Kier alpha value is -1.49. The van der Waals surface area contributed by atoms with Crippen molar-refractivity contribution in [3.05, 3.63) is 60.2 Å². The molecule has 2 aromatic carbocycles. The van der Waals surface area contributed by atoms with Gasteiger partial charge in [-0.1, -0.05) is 36.4 Å². The van der Waals surface area contributed by atoms with E-state index in [0.717, 1.165) is 16.2 Å². The van der Waals surface area contributed by atoms with E-state index in [2.05, 4.69) is 0 Å². The number of thioether (sulfide) groups is 1. The summed E-state index contributed by atoms with van der Waals surface area (Å²) >= 11 is 1.59. The van der Waals surface area contributed by atoms with Gasteiger partial charge in [-0.25, -0.2) is 0 Å². The van der Waals surface area contributed by atoms with Gasteiger partial charge in [0.1, 0.15) is 5.75 Å². The molecule has 1 atom stereocenters. The molecule has 0 bridgehead atoms. The number of hydrogen-bond acceptors (Lipinski definition) is 4. The number of hydrogen-bond donors (Lipinski definition) is 1. The van der Waals surface area contributed by atoms with Crippen LogP contribution in [0.3, 0.4) is 0 Å². The molecule has 1 unspecified atom stereocenters. The number of benzene rings is 2. The van der Waals surface area contributed by atoms with E-state index >= 15 is 0 Å². The van der Waals surface area contributed by atoms with Crippen LogP contribution in [0.25, 0.3) is 0 Å². The van der Waals surface area contributed by atoms with Gasteiger partial charge in [0, 0.05) is 10.6 Å². The van der Waals surface area contributed by atoms with Crippen molar-refractivity contribution in [2.75, 3.05) is 19.5 Å². The maximum absolute atomic E-state index is 9.94. The van der Waals surface area contributed by atoms with Crippen LogP contribution in [-0.4, -0.2) is 30.7 Å². The van der Waals surface area contributed by atoms with Crippen molar-refractivity contribution in [2.24, 2.45) is 0 Å². The van der Waals surface area contributed by atoms with Gasteiger partial charge >= 0.3 is 0 Å². The first-order chi connectivity index (χ1) is 10.3. The van der Waals surface area contributed by atoms with Gasteiger partial charge in [0.2, 0.25) is 0 Å². The molecule has 0 aliphatic carbocycles. The van der Waals surface area contributed by atoms with E-state index in [1.807, 2.05) is 54.6 Å². The van der Waals surface area contributed by atoms with Crippen LogP contribution in [0.15, 0.2) is 59.5 Å². The second kappa shape index (κ2) is 8.72.